The predicted molar refractivity (Wildman–Crippen MR) is 144 cm³/mol. The van der Waals surface area contributed by atoms with E-state index in [0.29, 0.717) is 28.4 Å². The van der Waals surface area contributed by atoms with Gasteiger partial charge in [0.25, 0.3) is 17.5 Å². The van der Waals surface area contributed by atoms with Gasteiger partial charge in [-0.1, -0.05) is 47.5 Å². The Bertz CT molecular complexity index is 1490. The molecule has 0 N–H and O–H groups in total. The maximum absolute atomic E-state index is 14.4. The highest BCUT2D eigenvalue weighted by atomic mass is 16.6. The van der Waals surface area contributed by atoms with Crippen LogP contribution in [-0.4, -0.2) is 28.2 Å². The van der Waals surface area contributed by atoms with Crippen LogP contribution in [-0.2, 0) is 9.59 Å². The number of rotatable bonds is 4. The summed E-state index contributed by atoms with van der Waals surface area (Å²) in [5, 5.41) is 23.4. The zero-order valence-electron chi connectivity index (χ0n) is 21.4. The summed E-state index contributed by atoms with van der Waals surface area (Å²) in [7, 11) is 0. The number of nitrogens with zero attached hydrogens (tertiary/aromatic N) is 5. The lowest BCUT2D eigenvalue weighted by atomic mass is 9.85. The van der Waals surface area contributed by atoms with Crippen molar-refractivity contribution in [2.75, 3.05) is 10.0 Å². The average Bonchev–Trinajstić information content (AvgIpc) is 3.39. The van der Waals surface area contributed by atoms with Gasteiger partial charge in [-0.15, -0.1) is 0 Å². The first-order valence-electron chi connectivity index (χ1n) is 12.3. The lowest BCUT2D eigenvalue weighted by molar-refractivity contribution is -0.384. The minimum atomic E-state index is -1.29. The molecule has 2 aliphatic heterocycles. The molecule has 6 rings (SSSR count). The van der Waals surface area contributed by atoms with Gasteiger partial charge in [0.15, 0.2) is 0 Å². The fraction of sp³-hybridized carbons (Fsp3) is 0.241. The third kappa shape index (κ3) is 2.87. The molecule has 2 atom stereocenters. The fourth-order valence-corrected chi connectivity index (χ4v) is 6.25. The van der Waals surface area contributed by atoms with Crippen LogP contribution in [0.25, 0.3) is 0 Å². The zero-order chi connectivity index (χ0) is 27.0. The van der Waals surface area contributed by atoms with Gasteiger partial charge in [-0.2, -0.15) is 20.2 Å². The maximum atomic E-state index is 14.4. The Kier molecular flexibility index (Phi) is 4.94. The van der Waals surface area contributed by atoms with Crippen LogP contribution in [0.3, 0.4) is 0 Å². The summed E-state index contributed by atoms with van der Waals surface area (Å²) in [6.07, 6.45) is 0. The highest BCUT2D eigenvalue weighted by Gasteiger charge is 2.91. The number of carbonyl (C=O) groups is 2. The summed E-state index contributed by atoms with van der Waals surface area (Å²) in [5.74, 6) is -1.24. The van der Waals surface area contributed by atoms with Crippen molar-refractivity contribution in [3.8, 4) is 0 Å². The van der Waals surface area contributed by atoms with Crippen molar-refractivity contribution < 1.29 is 14.5 Å². The third-order valence-corrected chi connectivity index (χ3v) is 8.10. The minimum Gasteiger partial charge on any atom is -0.271 e. The van der Waals surface area contributed by atoms with E-state index in [1.807, 2.05) is 62.4 Å². The first-order valence-corrected chi connectivity index (χ1v) is 12.3. The van der Waals surface area contributed by atoms with Gasteiger partial charge < -0.3 is 0 Å². The Hall–Kier alpha value is -4.66. The molecule has 2 heterocycles. The maximum Gasteiger partial charge on any atom is 0.269 e. The largest absolute Gasteiger partial charge is 0.271 e. The molecular weight excluding hydrogens is 482 g/mol. The van der Waals surface area contributed by atoms with E-state index in [1.54, 1.807) is 26.0 Å². The number of amides is 2. The van der Waals surface area contributed by atoms with Gasteiger partial charge in [0.05, 0.1) is 27.7 Å². The Morgan fingerprint density at radius 1 is 0.684 bits per heavy atom. The summed E-state index contributed by atoms with van der Waals surface area (Å²) < 4.78 is 0. The van der Waals surface area contributed by atoms with Gasteiger partial charge in [-0.05, 0) is 57.5 Å². The number of hydrogen-bond donors (Lipinski definition) is 0. The number of anilines is 2. The van der Waals surface area contributed by atoms with E-state index < -0.39 is 21.7 Å². The molecule has 3 aromatic carbocycles. The highest BCUT2D eigenvalue weighted by Crippen LogP contribution is 2.79. The molecule has 0 bridgehead atoms. The van der Waals surface area contributed by atoms with E-state index in [1.165, 1.54) is 22.2 Å². The summed E-state index contributed by atoms with van der Waals surface area (Å²) in [6, 6.07) is 21.0. The quantitative estimate of drug-likeness (QED) is 0.360. The number of hydrazone groups is 2. The SMILES string of the molecule is CC1=NN(c2ccc(C)cc2)C(=O)C12C(c1ccc([N+](=O)[O-])cc1)C21C(=O)N(c2ccc(C)cc2)N=C1C. The topological polar surface area (TPSA) is 108 Å². The van der Waals surface area contributed by atoms with Gasteiger partial charge in [-0.25, -0.2) is 0 Å². The number of non-ortho nitro benzene ring substituents is 1. The van der Waals surface area contributed by atoms with E-state index >= 15 is 0 Å². The van der Waals surface area contributed by atoms with Crippen LogP contribution in [0.5, 0.6) is 0 Å². The van der Waals surface area contributed by atoms with Crippen molar-refractivity contribution in [1.82, 2.24) is 0 Å². The van der Waals surface area contributed by atoms with E-state index in [0.717, 1.165) is 11.1 Å². The second kappa shape index (κ2) is 7.92. The zero-order valence-corrected chi connectivity index (χ0v) is 21.4. The molecule has 2 spiro atoms. The molecule has 9 nitrogen and oxygen atoms in total. The lowest BCUT2D eigenvalue weighted by Crippen LogP contribution is -2.40. The molecule has 190 valence electrons. The van der Waals surface area contributed by atoms with Crippen molar-refractivity contribution in [1.29, 1.82) is 0 Å². The summed E-state index contributed by atoms with van der Waals surface area (Å²) in [5.41, 5.74) is 2.34. The van der Waals surface area contributed by atoms with Crippen molar-refractivity contribution in [2.24, 2.45) is 21.0 Å². The average molecular weight is 508 g/mol. The van der Waals surface area contributed by atoms with Crippen molar-refractivity contribution in [2.45, 2.75) is 33.6 Å². The molecule has 2 unspecified atom stereocenters. The van der Waals surface area contributed by atoms with Crippen LogP contribution in [0.1, 0.15) is 36.5 Å². The fourth-order valence-electron chi connectivity index (χ4n) is 6.25. The molecule has 3 aromatic rings. The molecule has 9 heteroatoms. The van der Waals surface area contributed by atoms with Crippen LogP contribution in [0.2, 0.25) is 0 Å². The van der Waals surface area contributed by atoms with Gasteiger partial charge in [0.1, 0.15) is 10.8 Å². The van der Waals surface area contributed by atoms with Gasteiger partial charge in [-0.3, -0.25) is 19.7 Å². The molecule has 1 aliphatic carbocycles. The van der Waals surface area contributed by atoms with Crippen LogP contribution in [0.15, 0.2) is 83.0 Å². The highest BCUT2D eigenvalue weighted by molar-refractivity contribution is 6.37. The molecule has 1 fully saturated rings. The lowest BCUT2D eigenvalue weighted by Gasteiger charge is -2.19. The Labute approximate surface area is 219 Å². The van der Waals surface area contributed by atoms with Crippen LogP contribution >= 0.6 is 0 Å². The van der Waals surface area contributed by atoms with E-state index in [4.69, 9.17) is 0 Å². The van der Waals surface area contributed by atoms with Crippen molar-refractivity contribution >= 4 is 40.3 Å². The molecule has 1 saturated carbocycles. The summed E-state index contributed by atoms with van der Waals surface area (Å²) in [6.45, 7) is 7.47. The van der Waals surface area contributed by atoms with E-state index in [9.17, 15) is 19.7 Å². The summed E-state index contributed by atoms with van der Waals surface area (Å²) in [4.78, 5) is 39.6. The van der Waals surface area contributed by atoms with Crippen LogP contribution in [0.4, 0.5) is 17.1 Å². The van der Waals surface area contributed by atoms with Crippen molar-refractivity contribution in [3.05, 3.63) is 99.6 Å². The number of hydrogen-bond acceptors (Lipinski definition) is 6. The predicted octanol–water partition coefficient (Wildman–Crippen LogP) is 5.13. The minimum absolute atomic E-state index is 0.0636. The normalized spacial score (nSPS) is 25.8. The Morgan fingerprint density at radius 3 is 1.45 bits per heavy atom. The van der Waals surface area contributed by atoms with Gasteiger partial charge >= 0.3 is 0 Å². The molecule has 0 saturated heterocycles. The molecule has 38 heavy (non-hydrogen) atoms. The second-order valence-electron chi connectivity index (χ2n) is 10.2. The summed E-state index contributed by atoms with van der Waals surface area (Å²) >= 11 is 0. The monoisotopic (exact) mass is 507 g/mol. The molecule has 2 amide bonds. The number of aryl methyl sites for hydroxylation is 2. The molecule has 0 radical (unpaired) electrons. The Balaban J connectivity index is 1.51. The van der Waals surface area contributed by atoms with E-state index in [-0.39, 0.29) is 17.5 Å². The van der Waals surface area contributed by atoms with Crippen LogP contribution in [0, 0.1) is 34.8 Å². The first kappa shape index (κ1) is 23.7. The van der Waals surface area contributed by atoms with Crippen molar-refractivity contribution in [3.63, 3.8) is 0 Å². The molecule has 0 aromatic heterocycles. The smallest absolute Gasteiger partial charge is 0.269 e. The standard InChI is InChI=1S/C29H25N5O4/c1-17-5-11-22(12-6-17)32-26(35)28(19(3)30-32)25(21-9-15-24(16-10-21)34(37)38)29(28)20(4)31-33(27(29)36)23-13-7-18(2)8-14-23/h5-16,25H,1-4H3. The first-order chi connectivity index (χ1) is 18.1. The third-order valence-electron chi connectivity index (χ3n) is 8.10. The number of nitro benzene ring substituents is 1. The second-order valence-corrected chi connectivity index (χ2v) is 10.2. The number of carbonyl (C=O) groups excluding carboxylic acids is 2. The molecule has 3 aliphatic rings. The van der Waals surface area contributed by atoms with Gasteiger partial charge in [0, 0.05) is 18.1 Å². The number of fused-ring (bicyclic) bond motifs is 1. The number of benzene rings is 3. The molecular formula is C29H25N5O4. The van der Waals surface area contributed by atoms with Gasteiger partial charge in [0.2, 0.25) is 0 Å². The van der Waals surface area contributed by atoms with E-state index in [2.05, 4.69) is 10.2 Å². The van der Waals surface area contributed by atoms with Crippen LogP contribution < -0.4 is 10.0 Å². The number of nitro groups is 1. The Morgan fingerprint density at radius 2 is 1.08 bits per heavy atom.